The number of aromatic nitrogens is 3. The molecule has 0 N–H and O–H groups in total. The molecule has 0 unspecified atom stereocenters. The first-order valence-electron chi connectivity index (χ1n) is 9.40. The van der Waals surface area contributed by atoms with Gasteiger partial charge in [-0.1, -0.05) is 82.4 Å². The van der Waals surface area contributed by atoms with Crippen molar-refractivity contribution in [1.29, 1.82) is 0 Å². The average molecular weight is 472 g/mol. The third-order valence-electron chi connectivity index (χ3n) is 4.62. The van der Waals surface area contributed by atoms with Gasteiger partial charge in [0.05, 0.1) is 6.54 Å². The van der Waals surface area contributed by atoms with E-state index < -0.39 is 0 Å². The highest BCUT2D eigenvalue weighted by molar-refractivity contribution is 6.36. The van der Waals surface area contributed by atoms with Crippen LogP contribution in [0.3, 0.4) is 0 Å². The number of hydrogen-bond acceptors (Lipinski definition) is 4. The number of hydrogen-bond donors (Lipinski definition) is 0. The van der Waals surface area contributed by atoms with Crippen LogP contribution in [-0.4, -0.2) is 20.5 Å². The zero-order valence-electron chi connectivity index (χ0n) is 16.3. The zero-order chi connectivity index (χ0) is 21.6. The summed E-state index contributed by atoms with van der Waals surface area (Å²) in [5.74, 6) is 0. The number of halogens is 3. The van der Waals surface area contributed by atoms with E-state index in [0.29, 0.717) is 32.9 Å². The molecule has 0 amide bonds. The fraction of sp³-hybridized carbons (Fsp3) is 0.0870. The molecule has 0 fully saturated rings. The number of benzene rings is 3. The number of rotatable bonds is 7. The monoisotopic (exact) mass is 470 g/mol. The smallest absolute Gasteiger partial charge is 0.145 e. The van der Waals surface area contributed by atoms with E-state index in [1.807, 2.05) is 48.5 Å². The normalized spacial score (nSPS) is 11.5. The third kappa shape index (κ3) is 5.44. The summed E-state index contributed by atoms with van der Waals surface area (Å²) in [6, 6.07) is 21.1. The summed E-state index contributed by atoms with van der Waals surface area (Å²) in [7, 11) is 0. The molecule has 0 saturated heterocycles. The van der Waals surface area contributed by atoms with Gasteiger partial charge in [0.2, 0.25) is 0 Å². The second-order valence-electron chi connectivity index (χ2n) is 6.69. The summed E-state index contributed by atoms with van der Waals surface area (Å²) in [6.07, 6.45) is 3.11. The molecule has 0 aliphatic carbocycles. The molecule has 5 nitrogen and oxygen atoms in total. The molecule has 8 heteroatoms. The topological polar surface area (TPSA) is 52.3 Å². The Morgan fingerprint density at radius 1 is 0.871 bits per heavy atom. The Hall–Kier alpha value is -2.86. The maximum atomic E-state index is 6.22. The largest absolute Gasteiger partial charge is 0.391 e. The minimum Gasteiger partial charge on any atom is -0.391 e. The highest BCUT2D eigenvalue weighted by atomic mass is 35.5. The highest BCUT2D eigenvalue weighted by Gasteiger charge is 2.10. The second kappa shape index (κ2) is 9.96. The fourth-order valence-corrected chi connectivity index (χ4v) is 3.62. The lowest BCUT2D eigenvalue weighted by atomic mass is 10.0. The molecule has 4 rings (SSSR count). The van der Waals surface area contributed by atoms with Crippen LogP contribution in [0.2, 0.25) is 15.1 Å². The lowest BCUT2D eigenvalue weighted by molar-refractivity contribution is 0.130. The van der Waals surface area contributed by atoms with Gasteiger partial charge in [-0.15, -0.1) is 0 Å². The van der Waals surface area contributed by atoms with Crippen molar-refractivity contribution in [3.63, 3.8) is 0 Å². The SMILES string of the molecule is Clc1ccc(-c2ccc(C(Cn3cncn3)=NOCc3c(Cl)cccc3Cl)cc2)cc1. The van der Waals surface area contributed by atoms with Gasteiger partial charge in [-0.05, 0) is 35.4 Å². The molecule has 0 atom stereocenters. The molecule has 4 aromatic rings. The van der Waals surface area contributed by atoms with Crippen LogP contribution in [0.4, 0.5) is 0 Å². The molecule has 0 aliphatic rings. The van der Waals surface area contributed by atoms with Crippen molar-refractivity contribution in [2.75, 3.05) is 0 Å². The van der Waals surface area contributed by atoms with Crippen molar-refractivity contribution in [1.82, 2.24) is 14.8 Å². The van der Waals surface area contributed by atoms with Crippen LogP contribution in [0, 0.1) is 0 Å². The summed E-state index contributed by atoms with van der Waals surface area (Å²) in [5, 5.41) is 10.3. The van der Waals surface area contributed by atoms with E-state index in [-0.39, 0.29) is 6.61 Å². The summed E-state index contributed by atoms with van der Waals surface area (Å²) < 4.78 is 1.68. The Balaban J connectivity index is 1.57. The maximum absolute atomic E-state index is 6.22. The molecule has 3 aromatic carbocycles. The van der Waals surface area contributed by atoms with Crippen LogP contribution in [-0.2, 0) is 18.0 Å². The molecule has 0 bridgehead atoms. The van der Waals surface area contributed by atoms with Crippen LogP contribution >= 0.6 is 34.8 Å². The predicted octanol–water partition coefficient (Wildman–Crippen LogP) is 6.53. The molecule has 0 aliphatic heterocycles. The van der Waals surface area contributed by atoms with Crippen LogP contribution in [0.15, 0.2) is 84.5 Å². The quantitative estimate of drug-likeness (QED) is 0.227. The minimum atomic E-state index is 0.155. The summed E-state index contributed by atoms with van der Waals surface area (Å²) in [4.78, 5) is 9.61. The zero-order valence-corrected chi connectivity index (χ0v) is 18.5. The second-order valence-corrected chi connectivity index (χ2v) is 7.94. The maximum Gasteiger partial charge on any atom is 0.145 e. The third-order valence-corrected chi connectivity index (χ3v) is 5.58. The molecule has 31 heavy (non-hydrogen) atoms. The van der Waals surface area contributed by atoms with Gasteiger partial charge < -0.3 is 4.84 Å². The first-order valence-corrected chi connectivity index (χ1v) is 10.5. The van der Waals surface area contributed by atoms with Crippen molar-refractivity contribution in [2.45, 2.75) is 13.2 Å². The first-order chi connectivity index (χ1) is 15.1. The average Bonchev–Trinajstić information content (AvgIpc) is 3.29. The summed E-state index contributed by atoms with van der Waals surface area (Å²) >= 11 is 18.4. The Kier molecular flexibility index (Phi) is 6.87. The Bertz CT molecular complexity index is 1150. The van der Waals surface area contributed by atoms with Crippen molar-refractivity contribution >= 4 is 40.5 Å². The Morgan fingerprint density at radius 3 is 2.13 bits per heavy atom. The Labute approximate surface area is 194 Å². The lowest BCUT2D eigenvalue weighted by Crippen LogP contribution is -2.13. The van der Waals surface area contributed by atoms with Gasteiger partial charge in [0.25, 0.3) is 0 Å². The number of nitrogens with zero attached hydrogens (tertiary/aromatic N) is 4. The van der Waals surface area contributed by atoms with E-state index in [0.717, 1.165) is 16.7 Å². The van der Waals surface area contributed by atoms with Gasteiger partial charge in [0.15, 0.2) is 0 Å². The highest BCUT2D eigenvalue weighted by Crippen LogP contribution is 2.25. The van der Waals surface area contributed by atoms with Crippen molar-refractivity contribution in [2.24, 2.45) is 5.16 Å². The van der Waals surface area contributed by atoms with Gasteiger partial charge >= 0.3 is 0 Å². The van der Waals surface area contributed by atoms with Crippen LogP contribution in [0.25, 0.3) is 11.1 Å². The van der Waals surface area contributed by atoms with Crippen molar-refractivity contribution in [3.8, 4) is 11.1 Å². The van der Waals surface area contributed by atoms with Crippen LogP contribution < -0.4 is 0 Å². The van der Waals surface area contributed by atoms with Gasteiger partial charge in [0, 0.05) is 26.2 Å². The summed E-state index contributed by atoms with van der Waals surface area (Å²) in [6.45, 7) is 0.554. The minimum absolute atomic E-state index is 0.155. The molecule has 0 spiro atoms. The van der Waals surface area contributed by atoms with E-state index in [4.69, 9.17) is 39.6 Å². The van der Waals surface area contributed by atoms with E-state index in [9.17, 15) is 0 Å². The molecule has 1 heterocycles. The fourth-order valence-electron chi connectivity index (χ4n) is 2.98. The molecule has 156 valence electrons. The lowest BCUT2D eigenvalue weighted by Gasteiger charge is -2.10. The standard InChI is InChI=1S/C23H17Cl3N4O/c24-19-10-8-17(9-11-19)16-4-6-18(7-5-16)23(12-30-15-27-14-28-30)29-31-13-20-21(25)2-1-3-22(20)26/h1-11,14-15H,12-13H2. The van der Waals surface area contributed by atoms with Gasteiger partial charge in [-0.25, -0.2) is 9.67 Å². The Morgan fingerprint density at radius 2 is 1.52 bits per heavy atom. The predicted molar refractivity (Wildman–Crippen MR) is 125 cm³/mol. The number of oxime groups is 1. The molecule has 1 aromatic heterocycles. The molecular formula is C23H17Cl3N4O. The molecular weight excluding hydrogens is 455 g/mol. The van der Waals surface area contributed by atoms with Gasteiger partial charge in [0.1, 0.15) is 25.0 Å². The van der Waals surface area contributed by atoms with Gasteiger partial charge in [-0.2, -0.15) is 5.10 Å². The molecule has 0 saturated carbocycles. The van der Waals surface area contributed by atoms with Crippen LogP contribution in [0.5, 0.6) is 0 Å². The van der Waals surface area contributed by atoms with Crippen molar-refractivity contribution in [3.05, 3.63) is 106 Å². The van der Waals surface area contributed by atoms with E-state index in [1.54, 1.807) is 29.2 Å². The van der Waals surface area contributed by atoms with Gasteiger partial charge in [-0.3, -0.25) is 0 Å². The molecule has 0 radical (unpaired) electrons. The van der Waals surface area contributed by atoms with E-state index in [1.165, 1.54) is 6.33 Å². The summed E-state index contributed by atoms with van der Waals surface area (Å²) in [5.41, 5.74) is 4.43. The van der Waals surface area contributed by atoms with Crippen LogP contribution in [0.1, 0.15) is 11.1 Å². The van der Waals surface area contributed by atoms with Crippen molar-refractivity contribution < 1.29 is 4.84 Å². The first kappa shape index (κ1) is 21.4. The van der Waals surface area contributed by atoms with E-state index >= 15 is 0 Å². The van der Waals surface area contributed by atoms with E-state index in [2.05, 4.69) is 15.2 Å².